The molecule has 0 aromatic carbocycles. The van der Waals surface area contributed by atoms with Crippen LogP contribution in [0.3, 0.4) is 0 Å². The van der Waals surface area contributed by atoms with Crippen LogP contribution in [0, 0.1) is 13.8 Å². The molecule has 0 radical (unpaired) electrons. The summed E-state index contributed by atoms with van der Waals surface area (Å²) in [4.78, 5) is 45.7. The number of carbonyl (C=O) groups is 3. The molecule has 1 aliphatic rings. The second-order valence-electron chi connectivity index (χ2n) is 7.65. The number of rotatable bonds is 8. The molecule has 0 aliphatic carbocycles. The number of nitrogens with one attached hydrogen (secondary N) is 1. The van der Waals surface area contributed by atoms with Gasteiger partial charge in [0.25, 0.3) is 11.7 Å². The highest BCUT2D eigenvalue weighted by Crippen LogP contribution is 2.42. The molecule has 0 spiro atoms. The summed E-state index contributed by atoms with van der Waals surface area (Å²) in [6, 6.07) is 3.03. The van der Waals surface area contributed by atoms with Crippen molar-refractivity contribution in [2.75, 3.05) is 33.3 Å². The third-order valence-corrected chi connectivity index (χ3v) is 6.89. The van der Waals surface area contributed by atoms with Crippen molar-refractivity contribution in [2.45, 2.75) is 33.7 Å². The number of aromatic nitrogens is 1. The quantitative estimate of drug-likeness (QED) is 0.272. The number of amides is 1. The minimum atomic E-state index is -0.722. The molecule has 1 amide bonds. The molecule has 8 nitrogen and oxygen atoms in total. The van der Waals surface area contributed by atoms with E-state index in [1.165, 1.54) is 23.3 Å². The van der Waals surface area contributed by atoms with Crippen LogP contribution in [0.1, 0.15) is 52.1 Å². The van der Waals surface area contributed by atoms with Gasteiger partial charge in [-0.05, 0) is 43.9 Å². The van der Waals surface area contributed by atoms with Crippen molar-refractivity contribution in [1.29, 1.82) is 0 Å². The Balaban J connectivity index is 2.12. The number of aliphatic hydroxyl groups excluding tert-OH is 1. The van der Waals surface area contributed by atoms with Crippen LogP contribution in [0.25, 0.3) is 5.76 Å². The number of thiophene rings is 1. The molecule has 0 saturated carbocycles. The van der Waals surface area contributed by atoms with Gasteiger partial charge in [0.1, 0.15) is 11.5 Å². The Bertz CT molecular complexity index is 1050. The first-order chi connectivity index (χ1) is 15.3. The van der Waals surface area contributed by atoms with Crippen LogP contribution in [0.5, 0.6) is 0 Å². The Kier molecular flexibility index (Phi) is 7.20. The number of aliphatic hydroxyl groups is 1. The zero-order valence-corrected chi connectivity index (χ0v) is 19.8. The van der Waals surface area contributed by atoms with Crippen LogP contribution in [0.15, 0.2) is 23.1 Å². The summed E-state index contributed by atoms with van der Waals surface area (Å²) in [6.45, 7) is 10.1. The smallest absolute Gasteiger partial charge is 0.354 e. The fraction of sp³-hybridized carbons (Fsp3) is 0.435. The van der Waals surface area contributed by atoms with E-state index in [1.54, 1.807) is 13.8 Å². The maximum absolute atomic E-state index is 13.1. The Morgan fingerprint density at radius 3 is 2.53 bits per heavy atom. The van der Waals surface area contributed by atoms with Crippen molar-refractivity contribution in [1.82, 2.24) is 14.8 Å². The van der Waals surface area contributed by atoms with Crippen molar-refractivity contribution < 1.29 is 24.2 Å². The predicted molar refractivity (Wildman–Crippen MR) is 123 cm³/mol. The second-order valence-corrected chi connectivity index (χ2v) is 8.63. The van der Waals surface area contributed by atoms with Crippen LogP contribution >= 0.6 is 11.3 Å². The molecule has 3 heterocycles. The van der Waals surface area contributed by atoms with Gasteiger partial charge in [-0.2, -0.15) is 0 Å². The Labute approximate surface area is 191 Å². The first-order valence-corrected chi connectivity index (χ1v) is 11.5. The Hall–Kier alpha value is -2.91. The van der Waals surface area contributed by atoms with Crippen LogP contribution in [0.4, 0.5) is 0 Å². The molecule has 0 bridgehead atoms. The number of aryl methyl sites for hydroxylation is 1. The van der Waals surface area contributed by atoms with Crippen LogP contribution in [-0.4, -0.2) is 70.8 Å². The second kappa shape index (κ2) is 9.70. The Morgan fingerprint density at radius 2 is 1.97 bits per heavy atom. The SMILES string of the molecule is CCN(CC)CCN1C(=O)C(=O)C(=C(O)c2c(C)[nH]c(C(=O)OC)c2C)[C@@H]1c1cccs1. The zero-order chi connectivity index (χ0) is 23.6. The summed E-state index contributed by atoms with van der Waals surface area (Å²) in [5, 5.41) is 13.2. The lowest BCUT2D eigenvalue weighted by atomic mass is 9.97. The molecular formula is C23H29N3O5S. The van der Waals surface area contributed by atoms with Crippen molar-refractivity contribution in [3.63, 3.8) is 0 Å². The molecule has 1 fully saturated rings. The monoisotopic (exact) mass is 459 g/mol. The highest BCUT2D eigenvalue weighted by Gasteiger charge is 2.47. The van der Waals surface area contributed by atoms with Crippen molar-refractivity contribution >= 4 is 34.8 Å². The standard InChI is InChI=1S/C23H29N3O5S/c1-6-25(7-2)10-11-26-19(15-9-8-12-32-15)17(21(28)22(26)29)20(27)16-13(3)18(23(30)31-5)24-14(16)4/h8-9,12,19,24,27H,6-7,10-11H2,1-5H3/t19-/m0/s1. The fourth-order valence-corrected chi connectivity index (χ4v) is 5.03. The Morgan fingerprint density at radius 1 is 1.28 bits per heavy atom. The van der Waals surface area contributed by atoms with Gasteiger partial charge in [0, 0.05) is 29.2 Å². The maximum atomic E-state index is 13.1. The molecule has 1 saturated heterocycles. The van der Waals surface area contributed by atoms with E-state index in [4.69, 9.17) is 4.74 Å². The molecule has 1 atom stereocenters. The van der Waals surface area contributed by atoms with Gasteiger partial charge >= 0.3 is 5.97 Å². The highest BCUT2D eigenvalue weighted by atomic mass is 32.1. The number of ether oxygens (including phenoxy) is 1. The molecule has 9 heteroatoms. The summed E-state index contributed by atoms with van der Waals surface area (Å²) in [5.41, 5.74) is 1.56. The first kappa shape index (κ1) is 23.7. The number of ketones is 1. The van der Waals surface area contributed by atoms with Gasteiger partial charge in [-0.1, -0.05) is 19.9 Å². The van der Waals surface area contributed by atoms with E-state index < -0.39 is 23.7 Å². The van der Waals surface area contributed by atoms with Crippen LogP contribution < -0.4 is 0 Å². The largest absolute Gasteiger partial charge is 0.507 e. The van der Waals surface area contributed by atoms with Gasteiger partial charge in [0.2, 0.25) is 0 Å². The van der Waals surface area contributed by atoms with Gasteiger partial charge in [0.15, 0.2) is 0 Å². The molecule has 2 N–H and O–H groups in total. The third-order valence-electron chi connectivity index (χ3n) is 5.97. The number of methoxy groups -OCH3 is 1. The van der Waals surface area contributed by atoms with Crippen LogP contribution in [0.2, 0.25) is 0 Å². The lowest BCUT2D eigenvalue weighted by Gasteiger charge is -2.27. The van der Waals surface area contributed by atoms with Gasteiger partial charge in [-0.3, -0.25) is 9.59 Å². The fourth-order valence-electron chi connectivity index (χ4n) is 4.19. The summed E-state index contributed by atoms with van der Waals surface area (Å²) >= 11 is 1.43. The first-order valence-electron chi connectivity index (χ1n) is 10.6. The molecule has 3 rings (SSSR count). The molecular weight excluding hydrogens is 430 g/mol. The number of carbonyl (C=O) groups excluding carboxylic acids is 3. The zero-order valence-electron chi connectivity index (χ0n) is 19.0. The number of esters is 1. The average molecular weight is 460 g/mol. The molecule has 0 unspecified atom stereocenters. The molecule has 32 heavy (non-hydrogen) atoms. The van der Waals surface area contributed by atoms with E-state index >= 15 is 0 Å². The van der Waals surface area contributed by atoms with E-state index in [0.29, 0.717) is 29.9 Å². The van der Waals surface area contributed by atoms with E-state index in [1.807, 2.05) is 31.4 Å². The third kappa shape index (κ3) is 4.10. The maximum Gasteiger partial charge on any atom is 0.354 e. The van der Waals surface area contributed by atoms with Crippen molar-refractivity contribution in [3.05, 3.63) is 50.5 Å². The lowest BCUT2D eigenvalue weighted by Crippen LogP contribution is -2.37. The molecule has 2 aromatic rings. The van der Waals surface area contributed by atoms with E-state index in [0.717, 1.165) is 18.0 Å². The highest BCUT2D eigenvalue weighted by molar-refractivity contribution is 7.10. The average Bonchev–Trinajstić information content (AvgIpc) is 3.47. The van der Waals surface area contributed by atoms with Crippen molar-refractivity contribution in [3.8, 4) is 0 Å². The number of H-pyrrole nitrogens is 1. The van der Waals surface area contributed by atoms with Gasteiger partial charge in [-0.25, -0.2) is 4.79 Å². The van der Waals surface area contributed by atoms with Gasteiger partial charge in [0.05, 0.1) is 18.7 Å². The summed E-state index contributed by atoms with van der Waals surface area (Å²) in [7, 11) is 1.27. The number of nitrogens with zero attached hydrogens (tertiary/aromatic N) is 2. The van der Waals surface area contributed by atoms with Gasteiger partial charge in [-0.15, -0.1) is 11.3 Å². The lowest BCUT2D eigenvalue weighted by molar-refractivity contribution is -0.140. The summed E-state index contributed by atoms with van der Waals surface area (Å²) < 4.78 is 4.80. The predicted octanol–water partition coefficient (Wildman–Crippen LogP) is 3.24. The number of hydrogen-bond acceptors (Lipinski definition) is 7. The number of aromatic amines is 1. The topological polar surface area (TPSA) is 103 Å². The van der Waals surface area contributed by atoms with E-state index in [9.17, 15) is 19.5 Å². The molecule has 1 aliphatic heterocycles. The number of likely N-dealkylation sites (tertiary alicyclic amines) is 1. The van der Waals surface area contributed by atoms with E-state index in [-0.39, 0.29) is 17.0 Å². The summed E-state index contributed by atoms with van der Waals surface area (Å²) in [5.74, 6) is -2.20. The van der Waals surface area contributed by atoms with Gasteiger partial charge < -0.3 is 24.6 Å². The summed E-state index contributed by atoms with van der Waals surface area (Å²) in [6.07, 6.45) is 0. The molecule has 172 valence electrons. The number of Topliss-reactive ketones (excluding diaryl/α,β-unsaturated/α-hetero) is 1. The minimum absolute atomic E-state index is 0.0404. The van der Waals surface area contributed by atoms with Crippen molar-refractivity contribution in [2.24, 2.45) is 0 Å². The number of likely N-dealkylation sites (N-methyl/N-ethyl adjacent to an activating group) is 1. The molecule has 2 aromatic heterocycles. The minimum Gasteiger partial charge on any atom is -0.507 e. The van der Waals surface area contributed by atoms with E-state index in [2.05, 4.69) is 9.88 Å². The normalized spacial score (nSPS) is 18.1. The van der Waals surface area contributed by atoms with Crippen LogP contribution in [-0.2, 0) is 14.3 Å². The number of hydrogen-bond donors (Lipinski definition) is 2.